The summed E-state index contributed by atoms with van der Waals surface area (Å²) in [5, 5.41) is 3.02. The molecule has 1 aliphatic rings. The third-order valence-corrected chi connectivity index (χ3v) is 13.6. The van der Waals surface area contributed by atoms with Crippen molar-refractivity contribution in [3.05, 3.63) is 121 Å². The molecule has 2 atom stereocenters. The van der Waals surface area contributed by atoms with Gasteiger partial charge in [-0.3, -0.25) is 9.98 Å². The lowest BCUT2D eigenvalue weighted by atomic mass is 10.2. The van der Waals surface area contributed by atoms with Gasteiger partial charge in [0.1, 0.15) is 11.6 Å². The topological polar surface area (TPSA) is 58.9 Å². The minimum absolute atomic E-state index is 0.564. The predicted octanol–water partition coefficient (Wildman–Crippen LogP) is 6.38. The average molecular weight is 539 g/mol. The summed E-state index contributed by atoms with van der Waals surface area (Å²) >= 11 is 0. The Hall–Kier alpha value is -3.32. The first-order valence-corrected chi connectivity index (χ1v) is 16.6. The second-order valence-corrected chi connectivity index (χ2v) is 15.0. The molecule has 0 radical (unpaired) electrons. The highest BCUT2D eigenvalue weighted by molar-refractivity contribution is 7.81. The SMILES string of the molecule is CCC1=NC(P(=O)(c2ccccc2)c2ccccc2)C(CC)=NC1P(=O)(c1ccccc1)c1ccccc1. The number of hydrogen-bond acceptors (Lipinski definition) is 4. The van der Waals surface area contributed by atoms with Crippen LogP contribution in [0.5, 0.6) is 0 Å². The first-order chi connectivity index (χ1) is 18.5. The number of benzene rings is 4. The quantitative estimate of drug-likeness (QED) is 0.245. The largest absolute Gasteiger partial charge is 0.311 e. The summed E-state index contributed by atoms with van der Waals surface area (Å²) in [6.45, 7) is 4.04. The van der Waals surface area contributed by atoms with Gasteiger partial charge in [-0.25, -0.2) is 0 Å². The molecule has 6 heteroatoms. The summed E-state index contributed by atoms with van der Waals surface area (Å²) in [4.78, 5) is 10.5. The molecule has 4 nitrogen and oxygen atoms in total. The van der Waals surface area contributed by atoms with Gasteiger partial charge in [0.2, 0.25) is 0 Å². The number of hydrogen-bond donors (Lipinski definition) is 0. The second kappa shape index (κ2) is 11.2. The Bertz CT molecular complexity index is 1330. The lowest BCUT2D eigenvalue weighted by molar-refractivity contribution is 0.580. The van der Waals surface area contributed by atoms with E-state index in [1.807, 2.05) is 135 Å². The zero-order valence-corrected chi connectivity index (χ0v) is 23.5. The molecule has 0 saturated heterocycles. The Morgan fingerprint density at radius 3 is 0.921 bits per heavy atom. The van der Waals surface area contributed by atoms with Crippen LogP contribution in [0.4, 0.5) is 0 Å². The van der Waals surface area contributed by atoms with Crippen LogP contribution in [-0.4, -0.2) is 23.0 Å². The maximum atomic E-state index is 15.2. The Morgan fingerprint density at radius 2 is 0.711 bits per heavy atom. The summed E-state index contributed by atoms with van der Waals surface area (Å²) in [5.74, 6) is -1.27. The maximum Gasteiger partial charge on any atom is 0.172 e. The highest BCUT2D eigenvalue weighted by atomic mass is 31.2. The molecule has 38 heavy (non-hydrogen) atoms. The summed E-state index contributed by atoms with van der Waals surface area (Å²) in [5.41, 5.74) is 1.46. The van der Waals surface area contributed by atoms with Gasteiger partial charge in [0.15, 0.2) is 14.3 Å². The number of rotatable bonds is 8. The van der Waals surface area contributed by atoms with E-state index >= 15 is 9.13 Å². The zero-order valence-electron chi connectivity index (χ0n) is 21.7. The number of aliphatic imine (C=N–C) groups is 2. The molecule has 0 saturated carbocycles. The first-order valence-electron chi connectivity index (χ1n) is 13.1. The van der Waals surface area contributed by atoms with Crippen LogP contribution >= 0.6 is 14.3 Å². The minimum Gasteiger partial charge on any atom is -0.311 e. The van der Waals surface area contributed by atoms with Gasteiger partial charge < -0.3 is 9.13 Å². The molecule has 0 amide bonds. The van der Waals surface area contributed by atoms with E-state index < -0.39 is 25.8 Å². The molecule has 192 valence electrons. The van der Waals surface area contributed by atoms with Crippen molar-refractivity contribution >= 4 is 46.9 Å². The fourth-order valence-electron chi connectivity index (χ4n) is 5.19. The van der Waals surface area contributed by atoms with Crippen molar-refractivity contribution in [1.82, 2.24) is 0 Å². The van der Waals surface area contributed by atoms with Crippen molar-refractivity contribution in [2.75, 3.05) is 0 Å². The molecule has 0 fully saturated rings. The Labute approximate surface area is 225 Å². The zero-order chi connectivity index (χ0) is 26.6. The predicted molar refractivity (Wildman–Crippen MR) is 163 cm³/mol. The molecule has 5 rings (SSSR count). The molecule has 1 heterocycles. The molecule has 0 N–H and O–H groups in total. The Balaban J connectivity index is 1.73. The van der Waals surface area contributed by atoms with E-state index in [1.54, 1.807) is 0 Å². The number of nitrogens with zero attached hydrogens (tertiary/aromatic N) is 2. The lowest BCUT2D eigenvalue weighted by Gasteiger charge is -2.35. The van der Waals surface area contributed by atoms with Crippen LogP contribution in [0.2, 0.25) is 0 Å². The molecule has 2 unspecified atom stereocenters. The summed E-state index contributed by atoms with van der Waals surface area (Å²) in [6, 6.07) is 38.5. The molecule has 0 bridgehead atoms. The van der Waals surface area contributed by atoms with Crippen molar-refractivity contribution in [3.63, 3.8) is 0 Å². The van der Waals surface area contributed by atoms with Crippen LogP contribution in [0.15, 0.2) is 131 Å². The monoisotopic (exact) mass is 538 g/mol. The molecule has 0 aromatic heterocycles. The lowest BCUT2D eigenvalue weighted by Crippen LogP contribution is -2.40. The summed E-state index contributed by atoms with van der Waals surface area (Å²) in [6.07, 6.45) is 1.13. The summed E-state index contributed by atoms with van der Waals surface area (Å²) < 4.78 is 30.5. The maximum absolute atomic E-state index is 15.2. The van der Waals surface area contributed by atoms with Crippen LogP contribution in [-0.2, 0) is 9.13 Å². The van der Waals surface area contributed by atoms with Crippen molar-refractivity contribution in [1.29, 1.82) is 0 Å². The first kappa shape index (κ1) is 26.3. The van der Waals surface area contributed by atoms with Gasteiger partial charge in [-0.2, -0.15) is 0 Å². The standard InChI is InChI=1S/C32H32N2O2P2/c1-3-29-31(37(35,25-17-9-5-10-18-25)26-19-11-6-12-20-26)34-30(4-2)32(33-29)38(36,27-21-13-7-14-22-27)28-23-15-8-16-24-28/h5-24,31-32H,3-4H2,1-2H3. The normalized spacial score (nSPS) is 17.9. The highest BCUT2D eigenvalue weighted by Gasteiger charge is 2.46. The third-order valence-electron chi connectivity index (χ3n) is 7.14. The fourth-order valence-corrected chi connectivity index (χ4v) is 11.3. The molecule has 0 aliphatic carbocycles. The molecule has 4 aromatic carbocycles. The van der Waals surface area contributed by atoms with Gasteiger partial charge in [0.25, 0.3) is 0 Å². The molecule has 0 spiro atoms. The van der Waals surface area contributed by atoms with E-state index in [1.165, 1.54) is 0 Å². The highest BCUT2D eigenvalue weighted by Crippen LogP contribution is 2.56. The third kappa shape index (κ3) is 4.57. The summed E-state index contributed by atoms with van der Waals surface area (Å²) in [7, 11) is -6.51. The van der Waals surface area contributed by atoms with Gasteiger partial charge in [-0.1, -0.05) is 135 Å². The van der Waals surface area contributed by atoms with Gasteiger partial charge in [0.05, 0.1) is 0 Å². The fraction of sp³-hybridized carbons (Fsp3) is 0.188. The van der Waals surface area contributed by atoms with E-state index in [0.29, 0.717) is 12.8 Å². The van der Waals surface area contributed by atoms with Gasteiger partial charge in [-0.05, 0) is 12.8 Å². The molecular formula is C32H32N2O2P2. The second-order valence-electron chi connectivity index (χ2n) is 9.35. The van der Waals surface area contributed by atoms with Crippen molar-refractivity contribution in [2.45, 2.75) is 38.3 Å². The minimum atomic E-state index is -3.25. The van der Waals surface area contributed by atoms with Gasteiger partial charge in [0, 0.05) is 32.6 Å². The van der Waals surface area contributed by atoms with E-state index in [-0.39, 0.29) is 0 Å². The van der Waals surface area contributed by atoms with Crippen molar-refractivity contribution in [2.24, 2.45) is 9.98 Å². The van der Waals surface area contributed by atoms with Gasteiger partial charge >= 0.3 is 0 Å². The van der Waals surface area contributed by atoms with E-state index in [2.05, 4.69) is 0 Å². The van der Waals surface area contributed by atoms with E-state index in [4.69, 9.17) is 9.98 Å². The van der Waals surface area contributed by atoms with Crippen molar-refractivity contribution < 1.29 is 9.13 Å². The van der Waals surface area contributed by atoms with Crippen LogP contribution in [0, 0.1) is 0 Å². The van der Waals surface area contributed by atoms with Crippen LogP contribution < -0.4 is 21.2 Å². The molecule has 1 aliphatic heterocycles. The average Bonchev–Trinajstić information content (AvgIpc) is 3.01. The van der Waals surface area contributed by atoms with Crippen LogP contribution in [0.25, 0.3) is 0 Å². The molecule has 4 aromatic rings. The molecular weight excluding hydrogens is 506 g/mol. The van der Waals surface area contributed by atoms with E-state index in [9.17, 15) is 0 Å². The van der Waals surface area contributed by atoms with Crippen LogP contribution in [0.3, 0.4) is 0 Å². The van der Waals surface area contributed by atoms with Crippen molar-refractivity contribution in [3.8, 4) is 0 Å². The van der Waals surface area contributed by atoms with E-state index in [0.717, 1.165) is 32.6 Å². The van der Waals surface area contributed by atoms with Gasteiger partial charge in [-0.15, -0.1) is 0 Å². The smallest absolute Gasteiger partial charge is 0.172 e. The van der Waals surface area contributed by atoms with Crippen LogP contribution in [0.1, 0.15) is 26.7 Å². The Kier molecular flexibility index (Phi) is 7.75. The Morgan fingerprint density at radius 1 is 0.474 bits per heavy atom.